The van der Waals surface area contributed by atoms with Gasteiger partial charge in [-0.15, -0.1) is 5.10 Å². The fourth-order valence-corrected chi connectivity index (χ4v) is 2.18. The number of benzene rings is 1. The number of hydrogen-bond acceptors (Lipinski definition) is 5. The predicted molar refractivity (Wildman–Crippen MR) is 76.1 cm³/mol. The van der Waals surface area contributed by atoms with Crippen molar-refractivity contribution in [3.05, 3.63) is 23.8 Å². The van der Waals surface area contributed by atoms with Crippen LogP contribution in [-0.4, -0.2) is 25.8 Å². The molecule has 2 N–H and O–H groups in total. The van der Waals surface area contributed by atoms with E-state index in [1.807, 2.05) is 18.2 Å². The standard InChI is InChI=1S/C14H19N3O2/c1-4-9-7-13(15)16-17-14(9)10-5-11(18-2)8-12(6-10)19-3/h5-6,8-9H,4,7H2,1-3H3,(H2,15,16). The number of amidine groups is 1. The average Bonchev–Trinajstić information content (AvgIpc) is 2.46. The summed E-state index contributed by atoms with van der Waals surface area (Å²) in [6, 6.07) is 5.73. The maximum Gasteiger partial charge on any atom is 0.123 e. The molecule has 5 nitrogen and oxygen atoms in total. The third-order valence-electron chi connectivity index (χ3n) is 3.27. The van der Waals surface area contributed by atoms with Crippen molar-refractivity contribution in [3.63, 3.8) is 0 Å². The summed E-state index contributed by atoms with van der Waals surface area (Å²) in [6.45, 7) is 2.12. The van der Waals surface area contributed by atoms with Crippen LogP contribution in [0.3, 0.4) is 0 Å². The van der Waals surface area contributed by atoms with Gasteiger partial charge in [-0.25, -0.2) is 0 Å². The Morgan fingerprint density at radius 2 is 1.79 bits per heavy atom. The van der Waals surface area contributed by atoms with Crippen LogP contribution in [0, 0.1) is 5.92 Å². The Bertz CT molecular complexity index is 501. The van der Waals surface area contributed by atoms with E-state index in [1.165, 1.54) is 0 Å². The molecule has 1 aliphatic rings. The van der Waals surface area contributed by atoms with E-state index in [1.54, 1.807) is 14.2 Å². The molecule has 0 amide bonds. The monoisotopic (exact) mass is 261 g/mol. The van der Waals surface area contributed by atoms with Crippen molar-refractivity contribution in [2.75, 3.05) is 14.2 Å². The molecule has 1 unspecified atom stereocenters. The lowest BCUT2D eigenvalue weighted by molar-refractivity contribution is 0.394. The van der Waals surface area contributed by atoms with E-state index in [4.69, 9.17) is 15.2 Å². The Labute approximate surface area is 113 Å². The van der Waals surface area contributed by atoms with Crippen molar-refractivity contribution in [1.82, 2.24) is 0 Å². The topological polar surface area (TPSA) is 69.2 Å². The number of nitrogens with two attached hydrogens (primary N) is 1. The van der Waals surface area contributed by atoms with Crippen LogP contribution in [0.4, 0.5) is 0 Å². The number of methoxy groups -OCH3 is 2. The van der Waals surface area contributed by atoms with Crippen LogP contribution in [0.15, 0.2) is 28.4 Å². The molecule has 1 aliphatic heterocycles. The number of hydrogen-bond donors (Lipinski definition) is 1. The van der Waals surface area contributed by atoms with Crippen LogP contribution in [0.1, 0.15) is 25.3 Å². The molecule has 1 heterocycles. The summed E-state index contributed by atoms with van der Waals surface area (Å²) in [5.74, 6) is 2.36. The molecule has 1 aromatic carbocycles. The van der Waals surface area contributed by atoms with E-state index in [2.05, 4.69) is 17.1 Å². The van der Waals surface area contributed by atoms with Crippen molar-refractivity contribution >= 4 is 11.5 Å². The van der Waals surface area contributed by atoms with Gasteiger partial charge in [-0.05, 0) is 18.6 Å². The number of rotatable bonds is 4. The maximum absolute atomic E-state index is 5.75. The molecule has 102 valence electrons. The lowest BCUT2D eigenvalue weighted by Crippen LogP contribution is -2.26. The summed E-state index contributed by atoms with van der Waals surface area (Å²) in [4.78, 5) is 0. The Balaban J connectivity index is 2.44. The summed E-state index contributed by atoms with van der Waals surface area (Å²) >= 11 is 0. The van der Waals surface area contributed by atoms with Crippen LogP contribution in [-0.2, 0) is 0 Å². The fourth-order valence-electron chi connectivity index (χ4n) is 2.18. The molecule has 1 aromatic rings. The van der Waals surface area contributed by atoms with Gasteiger partial charge in [-0.1, -0.05) is 6.92 Å². The zero-order valence-corrected chi connectivity index (χ0v) is 11.5. The number of ether oxygens (including phenoxy) is 2. The van der Waals surface area contributed by atoms with Crippen LogP contribution in [0.2, 0.25) is 0 Å². The van der Waals surface area contributed by atoms with Crippen molar-refractivity contribution in [2.24, 2.45) is 21.9 Å². The Hall–Kier alpha value is -2.04. The first-order chi connectivity index (χ1) is 9.17. The van der Waals surface area contributed by atoms with E-state index in [0.717, 1.165) is 35.6 Å². The normalized spacial score (nSPS) is 18.6. The van der Waals surface area contributed by atoms with Gasteiger partial charge in [0, 0.05) is 24.0 Å². The van der Waals surface area contributed by atoms with E-state index in [0.29, 0.717) is 5.84 Å². The van der Waals surface area contributed by atoms with Gasteiger partial charge in [-0.2, -0.15) is 5.10 Å². The minimum Gasteiger partial charge on any atom is -0.497 e. The molecule has 0 aromatic heterocycles. The lowest BCUT2D eigenvalue weighted by Gasteiger charge is -2.20. The molecule has 5 heteroatoms. The van der Waals surface area contributed by atoms with Gasteiger partial charge in [0.15, 0.2) is 0 Å². The highest BCUT2D eigenvalue weighted by molar-refractivity contribution is 6.06. The highest BCUT2D eigenvalue weighted by Gasteiger charge is 2.22. The molecule has 19 heavy (non-hydrogen) atoms. The second kappa shape index (κ2) is 5.73. The molecule has 0 aliphatic carbocycles. The second-order valence-corrected chi connectivity index (χ2v) is 4.49. The zero-order chi connectivity index (χ0) is 13.8. The zero-order valence-electron chi connectivity index (χ0n) is 11.5. The van der Waals surface area contributed by atoms with Gasteiger partial charge in [0.1, 0.15) is 17.3 Å². The van der Waals surface area contributed by atoms with Crippen molar-refractivity contribution < 1.29 is 9.47 Å². The second-order valence-electron chi connectivity index (χ2n) is 4.49. The third-order valence-corrected chi connectivity index (χ3v) is 3.27. The highest BCUT2D eigenvalue weighted by atomic mass is 16.5. The Morgan fingerprint density at radius 1 is 1.16 bits per heavy atom. The molecule has 0 radical (unpaired) electrons. The van der Waals surface area contributed by atoms with E-state index in [9.17, 15) is 0 Å². The molecule has 0 fully saturated rings. The summed E-state index contributed by atoms with van der Waals surface area (Å²) < 4.78 is 10.6. The minimum absolute atomic E-state index is 0.286. The van der Waals surface area contributed by atoms with Crippen LogP contribution in [0.25, 0.3) is 0 Å². The first-order valence-corrected chi connectivity index (χ1v) is 6.31. The van der Waals surface area contributed by atoms with Crippen molar-refractivity contribution in [3.8, 4) is 11.5 Å². The summed E-state index contributed by atoms with van der Waals surface area (Å²) in [7, 11) is 3.27. The summed E-state index contributed by atoms with van der Waals surface area (Å²) in [6.07, 6.45) is 1.71. The molecular formula is C14H19N3O2. The lowest BCUT2D eigenvalue weighted by atomic mass is 9.90. The molecule has 0 saturated carbocycles. The summed E-state index contributed by atoms with van der Waals surface area (Å²) in [5.41, 5.74) is 7.66. The molecule has 0 saturated heterocycles. The van der Waals surface area contributed by atoms with Gasteiger partial charge in [-0.3, -0.25) is 0 Å². The largest absolute Gasteiger partial charge is 0.497 e. The van der Waals surface area contributed by atoms with E-state index < -0.39 is 0 Å². The molecule has 0 bridgehead atoms. The maximum atomic E-state index is 5.75. The van der Waals surface area contributed by atoms with Gasteiger partial charge < -0.3 is 15.2 Å². The van der Waals surface area contributed by atoms with Gasteiger partial charge in [0.25, 0.3) is 0 Å². The van der Waals surface area contributed by atoms with Crippen molar-refractivity contribution in [1.29, 1.82) is 0 Å². The SMILES string of the molecule is CCC1CC(N)=NN=C1c1cc(OC)cc(OC)c1. The minimum atomic E-state index is 0.286. The van der Waals surface area contributed by atoms with Crippen LogP contribution < -0.4 is 15.2 Å². The van der Waals surface area contributed by atoms with Crippen LogP contribution >= 0.6 is 0 Å². The fraction of sp³-hybridized carbons (Fsp3) is 0.429. The van der Waals surface area contributed by atoms with Crippen molar-refractivity contribution in [2.45, 2.75) is 19.8 Å². The highest BCUT2D eigenvalue weighted by Crippen LogP contribution is 2.27. The smallest absolute Gasteiger partial charge is 0.123 e. The van der Waals surface area contributed by atoms with E-state index in [-0.39, 0.29) is 5.92 Å². The quantitative estimate of drug-likeness (QED) is 0.903. The average molecular weight is 261 g/mol. The van der Waals surface area contributed by atoms with Crippen LogP contribution in [0.5, 0.6) is 11.5 Å². The molecule has 1 atom stereocenters. The first kappa shape index (κ1) is 13.4. The first-order valence-electron chi connectivity index (χ1n) is 6.31. The predicted octanol–water partition coefficient (Wildman–Crippen LogP) is 2.20. The van der Waals surface area contributed by atoms with Gasteiger partial charge in [0.2, 0.25) is 0 Å². The molecule has 2 rings (SSSR count). The van der Waals surface area contributed by atoms with Gasteiger partial charge in [0.05, 0.1) is 19.9 Å². The Morgan fingerprint density at radius 3 is 2.32 bits per heavy atom. The van der Waals surface area contributed by atoms with Gasteiger partial charge >= 0.3 is 0 Å². The van der Waals surface area contributed by atoms with E-state index >= 15 is 0 Å². The third kappa shape index (κ3) is 2.86. The Kier molecular flexibility index (Phi) is 4.04. The molecule has 0 spiro atoms. The number of nitrogens with zero attached hydrogens (tertiary/aromatic N) is 2. The molecular weight excluding hydrogens is 242 g/mol. The summed E-state index contributed by atoms with van der Waals surface area (Å²) in [5, 5.41) is 8.25.